The molecule has 0 saturated heterocycles. The highest BCUT2D eigenvalue weighted by molar-refractivity contribution is 7.89. The Morgan fingerprint density at radius 2 is 1.94 bits per heavy atom. The molecule has 0 bridgehead atoms. The topological polar surface area (TPSA) is 93.5 Å². The van der Waals surface area contributed by atoms with Crippen LogP contribution in [0.25, 0.3) is 11.0 Å². The minimum atomic E-state index is -3.30. The summed E-state index contributed by atoms with van der Waals surface area (Å²) in [6, 6.07) is 15.0. The summed E-state index contributed by atoms with van der Waals surface area (Å²) in [4.78, 5) is 19.2. The van der Waals surface area contributed by atoms with Crippen molar-refractivity contribution in [3.63, 3.8) is 0 Å². The first kappa shape index (κ1) is 22.8. The zero-order valence-electron chi connectivity index (χ0n) is 18.2. The molecule has 0 aliphatic rings. The molecule has 0 saturated carbocycles. The lowest BCUT2D eigenvalue weighted by Gasteiger charge is -2.25. The van der Waals surface area contributed by atoms with Gasteiger partial charge in [-0.3, -0.25) is 4.79 Å². The van der Waals surface area contributed by atoms with Crippen molar-refractivity contribution in [2.45, 2.75) is 18.3 Å². The summed E-state index contributed by atoms with van der Waals surface area (Å²) in [5.41, 5.74) is 2.42. The fraction of sp³-hybridized carbons (Fsp3) is 0.364. The predicted molar refractivity (Wildman–Crippen MR) is 121 cm³/mol. The number of nitrogens with zero attached hydrogens (tertiary/aromatic N) is 3. The second-order valence-corrected chi connectivity index (χ2v) is 9.87. The largest absolute Gasteiger partial charge is 0.497 e. The smallest absolute Gasteiger partial charge is 0.240 e. The fourth-order valence-corrected chi connectivity index (χ4v) is 4.19. The molecule has 1 aromatic heterocycles. The van der Waals surface area contributed by atoms with E-state index in [0.29, 0.717) is 17.9 Å². The Hall–Kier alpha value is -2.91. The number of para-hydroxylation sites is 2. The normalized spacial score (nSPS) is 12.8. The first-order valence-electron chi connectivity index (χ1n) is 9.87. The second-order valence-electron chi connectivity index (χ2n) is 7.73. The van der Waals surface area contributed by atoms with E-state index in [2.05, 4.69) is 10.3 Å². The van der Waals surface area contributed by atoms with Gasteiger partial charge in [-0.1, -0.05) is 24.3 Å². The van der Waals surface area contributed by atoms with Crippen LogP contribution in [-0.4, -0.2) is 62.8 Å². The highest BCUT2D eigenvalue weighted by atomic mass is 32.2. The van der Waals surface area contributed by atoms with Gasteiger partial charge in [-0.05, 0) is 43.9 Å². The van der Waals surface area contributed by atoms with Gasteiger partial charge in [-0.2, -0.15) is 0 Å². The lowest BCUT2D eigenvalue weighted by Crippen LogP contribution is -2.36. The number of hydrogen-bond donors (Lipinski definition) is 1. The molecule has 31 heavy (non-hydrogen) atoms. The lowest BCUT2D eigenvalue weighted by molar-refractivity contribution is -0.121. The molecule has 1 heterocycles. The summed E-state index contributed by atoms with van der Waals surface area (Å²) in [6.45, 7) is 0.386. The van der Waals surface area contributed by atoms with Crippen molar-refractivity contribution in [2.75, 3.05) is 34.0 Å². The van der Waals surface area contributed by atoms with Crippen LogP contribution in [-0.2, 0) is 26.9 Å². The molecule has 1 unspecified atom stereocenters. The maximum Gasteiger partial charge on any atom is 0.240 e. The van der Waals surface area contributed by atoms with Crippen LogP contribution in [0.15, 0.2) is 48.5 Å². The number of methoxy groups -OCH3 is 1. The summed E-state index contributed by atoms with van der Waals surface area (Å²) in [5, 5.41) is 2.97. The van der Waals surface area contributed by atoms with Crippen molar-refractivity contribution in [1.29, 1.82) is 0 Å². The Morgan fingerprint density at radius 3 is 2.61 bits per heavy atom. The van der Waals surface area contributed by atoms with Crippen LogP contribution < -0.4 is 10.1 Å². The standard InChI is InChI=1S/C22H28N4O4S/c1-25(2)20(16-8-7-9-17(12-16)30-3)13-23-22(27)14-26-19-11-6-5-10-18(19)24-21(26)15-31(4,28)29/h5-12,20H,13-15H2,1-4H3,(H,23,27). The van der Waals surface area contributed by atoms with E-state index in [0.717, 1.165) is 23.1 Å². The molecule has 3 aromatic rings. The number of rotatable bonds is 9. The van der Waals surface area contributed by atoms with Crippen LogP contribution in [0, 0.1) is 0 Å². The number of ether oxygens (including phenoxy) is 1. The van der Waals surface area contributed by atoms with E-state index in [1.807, 2.05) is 61.5 Å². The van der Waals surface area contributed by atoms with Gasteiger partial charge in [0.15, 0.2) is 9.84 Å². The summed E-state index contributed by atoms with van der Waals surface area (Å²) in [5.74, 6) is 0.675. The van der Waals surface area contributed by atoms with Crippen molar-refractivity contribution < 1.29 is 17.9 Å². The number of nitrogens with one attached hydrogen (secondary N) is 1. The highest BCUT2D eigenvalue weighted by Crippen LogP contribution is 2.22. The Bertz CT molecular complexity index is 1170. The number of imidazole rings is 1. The third-order valence-electron chi connectivity index (χ3n) is 5.02. The summed E-state index contributed by atoms with van der Waals surface area (Å²) in [7, 11) is 2.22. The van der Waals surface area contributed by atoms with Crippen molar-refractivity contribution >= 4 is 26.8 Å². The van der Waals surface area contributed by atoms with Gasteiger partial charge in [0.05, 0.1) is 24.2 Å². The van der Waals surface area contributed by atoms with E-state index in [1.54, 1.807) is 17.7 Å². The predicted octanol–water partition coefficient (Wildman–Crippen LogP) is 2.01. The average molecular weight is 445 g/mol. The molecule has 1 atom stereocenters. The molecule has 3 rings (SSSR count). The highest BCUT2D eigenvalue weighted by Gasteiger charge is 2.19. The number of carbonyl (C=O) groups is 1. The van der Waals surface area contributed by atoms with Crippen LogP contribution >= 0.6 is 0 Å². The van der Waals surface area contributed by atoms with Crippen molar-refractivity contribution in [1.82, 2.24) is 19.8 Å². The van der Waals surface area contributed by atoms with Crippen molar-refractivity contribution in [2.24, 2.45) is 0 Å². The number of benzene rings is 2. The third kappa shape index (κ3) is 5.83. The van der Waals surface area contributed by atoms with Gasteiger partial charge in [-0.25, -0.2) is 13.4 Å². The minimum Gasteiger partial charge on any atom is -0.497 e. The van der Waals surface area contributed by atoms with Gasteiger partial charge in [-0.15, -0.1) is 0 Å². The van der Waals surface area contributed by atoms with Gasteiger partial charge >= 0.3 is 0 Å². The zero-order chi connectivity index (χ0) is 22.6. The summed E-state index contributed by atoms with van der Waals surface area (Å²) in [6.07, 6.45) is 1.16. The first-order chi connectivity index (χ1) is 14.7. The van der Waals surface area contributed by atoms with Crippen LogP contribution in [0.5, 0.6) is 5.75 Å². The molecule has 2 aromatic carbocycles. The molecule has 0 aliphatic heterocycles. The monoisotopic (exact) mass is 444 g/mol. The first-order valence-corrected chi connectivity index (χ1v) is 11.9. The number of sulfone groups is 1. The van der Waals surface area contributed by atoms with Crippen LogP contribution in [0.1, 0.15) is 17.4 Å². The number of likely N-dealkylation sites (N-methyl/N-ethyl adjacent to an activating group) is 1. The van der Waals surface area contributed by atoms with Crippen molar-refractivity contribution in [3.8, 4) is 5.75 Å². The Morgan fingerprint density at radius 1 is 1.19 bits per heavy atom. The molecule has 9 heteroatoms. The number of aromatic nitrogens is 2. The van der Waals surface area contributed by atoms with E-state index in [9.17, 15) is 13.2 Å². The molecule has 0 aliphatic carbocycles. The maximum absolute atomic E-state index is 12.8. The molecule has 1 amide bonds. The summed E-state index contributed by atoms with van der Waals surface area (Å²) < 4.78 is 30.7. The van der Waals surface area contributed by atoms with Gasteiger partial charge in [0.1, 0.15) is 23.9 Å². The molecule has 0 fully saturated rings. The molecule has 0 radical (unpaired) electrons. The Labute approximate surface area is 182 Å². The number of amides is 1. The van der Waals surface area contributed by atoms with E-state index < -0.39 is 9.84 Å². The second kappa shape index (κ2) is 9.49. The molecule has 1 N–H and O–H groups in total. The number of hydrogen-bond acceptors (Lipinski definition) is 6. The van der Waals surface area contributed by atoms with Gasteiger partial charge in [0, 0.05) is 12.8 Å². The Kier molecular flexibility index (Phi) is 6.97. The molecular formula is C22H28N4O4S. The molecule has 0 spiro atoms. The number of carbonyl (C=O) groups excluding carboxylic acids is 1. The summed E-state index contributed by atoms with van der Waals surface area (Å²) >= 11 is 0. The van der Waals surface area contributed by atoms with Crippen LogP contribution in [0.2, 0.25) is 0 Å². The van der Waals surface area contributed by atoms with Gasteiger partial charge in [0.25, 0.3) is 0 Å². The van der Waals surface area contributed by atoms with E-state index >= 15 is 0 Å². The van der Waals surface area contributed by atoms with Crippen LogP contribution in [0.4, 0.5) is 0 Å². The van der Waals surface area contributed by atoms with Crippen LogP contribution in [0.3, 0.4) is 0 Å². The third-order valence-corrected chi connectivity index (χ3v) is 5.80. The Balaban J connectivity index is 1.78. The quantitative estimate of drug-likeness (QED) is 0.543. The van der Waals surface area contributed by atoms with Gasteiger partial charge < -0.3 is 19.5 Å². The zero-order valence-corrected chi connectivity index (χ0v) is 19.0. The average Bonchev–Trinajstić information content (AvgIpc) is 3.03. The van der Waals surface area contributed by atoms with Gasteiger partial charge in [0.2, 0.25) is 5.91 Å². The number of fused-ring (bicyclic) bond motifs is 1. The molecule has 166 valence electrons. The SMILES string of the molecule is COc1cccc(C(CNC(=O)Cn2c(CS(C)(=O)=O)nc3ccccc32)N(C)C)c1. The van der Waals surface area contributed by atoms with E-state index in [4.69, 9.17) is 4.74 Å². The van der Waals surface area contributed by atoms with Crippen molar-refractivity contribution in [3.05, 3.63) is 59.9 Å². The van der Waals surface area contributed by atoms with E-state index in [-0.39, 0.29) is 24.2 Å². The van der Waals surface area contributed by atoms with E-state index in [1.165, 1.54) is 0 Å². The molecule has 8 nitrogen and oxygen atoms in total. The minimum absolute atomic E-state index is 0.0103. The lowest BCUT2D eigenvalue weighted by atomic mass is 10.1. The fourth-order valence-electron chi connectivity index (χ4n) is 3.50. The maximum atomic E-state index is 12.8. The molecular weight excluding hydrogens is 416 g/mol.